The smallest absolute Gasteiger partial charge is 0.0724 e. The average molecular weight is 201 g/mol. The molecule has 0 aromatic heterocycles. The number of hydrogen-bond acceptors (Lipinski definition) is 2. The Kier molecular flexibility index (Phi) is 4.09. The van der Waals surface area contributed by atoms with Crippen LogP contribution in [0.25, 0.3) is 0 Å². The summed E-state index contributed by atoms with van der Waals surface area (Å²) in [5, 5.41) is 3.41. The Bertz CT molecular complexity index is 209. The van der Waals surface area contributed by atoms with Gasteiger partial charge in [-0.25, -0.2) is 0 Å². The molecule has 1 aliphatic carbocycles. The molecule has 0 aliphatic heterocycles. The van der Waals surface area contributed by atoms with Crippen molar-refractivity contribution < 1.29 is 0 Å². The van der Waals surface area contributed by atoms with Crippen LogP contribution in [0, 0.1) is 0 Å². The van der Waals surface area contributed by atoms with Gasteiger partial charge in [-0.15, -0.1) is 12.6 Å². The molecular weight excluding hydrogens is 186 g/mol. The van der Waals surface area contributed by atoms with Crippen LogP contribution in [0.5, 0.6) is 0 Å². The van der Waals surface area contributed by atoms with Crippen LogP contribution in [0.1, 0.15) is 32.6 Å². The number of thiol groups is 1. The molecule has 0 atom stereocenters. The molecule has 68 valence electrons. The predicted octanol–water partition coefficient (Wildman–Crippen LogP) is 2.68. The van der Waals surface area contributed by atoms with Crippen LogP contribution in [-0.4, -0.2) is 10.7 Å². The van der Waals surface area contributed by atoms with Gasteiger partial charge in [0.1, 0.15) is 0 Å². The second-order valence-electron chi connectivity index (χ2n) is 3.04. The van der Waals surface area contributed by atoms with E-state index in [4.69, 9.17) is 12.2 Å². The number of thiocarbonyl (C=S) groups is 1. The molecule has 3 heteroatoms. The zero-order valence-corrected chi connectivity index (χ0v) is 9.10. The van der Waals surface area contributed by atoms with Crippen molar-refractivity contribution in [2.24, 2.45) is 0 Å². The minimum atomic E-state index is 0.770. The SMILES string of the molecule is CCCNC1=C(C(=S)S)CCC1. The van der Waals surface area contributed by atoms with Crippen LogP contribution < -0.4 is 5.32 Å². The summed E-state index contributed by atoms with van der Waals surface area (Å²) in [5.74, 6) is 0. The number of rotatable bonds is 4. The lowest BCUT2D eigenvalue weighted by Crippen LogP contribution is -2.14. The number of hydrogen-bond donors (Lipinski definition) is 2. The molecule has 0 radical (unpaired) electrons. The summed E-state index contributed by atoms with van der Waals surface area (Å²) in [6.07, 6.45) is 4.64. The minimum absolute atomic E-state index is 0.770. The van der Waals surface area contributed by atoms with Gasteiger partial charge in [0.05, 0.1) is 4.20 Å². The average Bonchev–Trinajstić information content (AvgIpc) is 2.48. The molecule has 1 rings (SSSR count). The normalized spacial score (nSPS) is 16.8. The first-order valence-corrected chi connectivity index (χ1v) is 5.30. The Labute approximate surface area is 85.0 Å². The van der Waals surface area contributed by atoms with Gasteiger partial charge in [-0.3, -0.25) is 0 Å². The van der Waals surface area contributed by atoms with Gasteiger partial charge in [-0.1, -0.05) is 19.1 Å². The first-order chi connectivity index (χ1) is 5.75. The maximum Gasteiger partial charge on any atom is 0.0724 e. The second-order valence-corrected chi connectivity index (χ2v) is 4.20. The van der Waals surface area contributed by atoms with E-state index >= 15 is 0 Å². The minimum Gasteiger partial charge on any atom is -0.388 e. The second kappa shape index (κ2) is 4.87. The Morgan fingerprint density at radius 1 is 1.58 bits per heavy atom. The highest BCUT2D eigenvalue weighted by Crippen LogP contribution is 2.26. The summed E-state index contributed by atoms with van der Waals surface area (Å²) < 4.78 is 0.770. The van der Waals surface area contributed by atoms with Crippen molar-refractivity contribution in [1.82, 2.24) is 5.32 Å². The van der Waals surface area contributed by atoms with E-state index in [0.717, 1.165) is 30.0 Å². The third-order valence-electron chi connectivity index (χ3n) is 2.06. The first kappa shape index (κ1) is 10.1. The standard InChI is InChI=1S/C9H15NS2/c1-2-6-10-8-5-3-4-7(8)9(11)12/h10H,2-6H2,1H3,(H,11,12). The molecule has 0 saturated heterocycles. The summed E-state index contributed by atoms with van der Waals surface area (Å²) in [6, 6.07) is 0. The summed E-state index contributed by atoms with van der Waals surface area (Å²) in [7, 11) is 0. The molecular formula is C9H15NS2. The highest BCUT2D eigenvalue weighted by Gasteiger charge is 2.15. The lowest BCUT2D eigenvalue weighted by atomic mass is 10.2. The molecule has 0 saturated carbocycles. The van der Waals surface area contributed by atoms with Gasteiger partial charge in [0.25, 0.3) is 0 Å². The van der Waals surface area contributed by atoms with E-state index in [1.165, 1.54) is 17.7 Å². The Hall–Kier alpha value is -0.0200. The van der Waals surface area contributed by atoms with E-state index in [1.54, 1.807) is 0 Å². The molecule has 0 amide bonds. The Balaban J connectivity index is 2.57. The van der Waals surface area contributed by atoms with Crippen LogP contribution in [0.3, 0.4) is 0 Å². The zero-order chi connectivity index (χ0) is 8.97. The summed E-state index contributed by atoms with van der Waals surface area (Å²) >= 11 is 9.26. The third-order valence-corrected chi connectivity index (χ3v) is 2.58. The highest BCUT2D eigenvalue weighted by molar-refractivity contribution is 8.11. The molecule has 0 bridgehead atoms. The molecule has 0 aromatic carbocycles. The van der Waals surface area contributed by atoms with Gasteiger partial charge < -0.3 is 5.32 Å². The fraction of sp³-hybridized carbons (Fsp3) is 0.667. The van der Waals surface area contributed by atoms with E-state index in [2.05, 4.69) is 24.9 Å². The van der Waals surface area contributed by atoms with Crippen LogP contribution in [0.4, 0.5) is 0 Å². The monoisotopic (exact) mass is 201 g/mol. The molecule has 0 fully saturated rings. The fourth-order valence-electron chi connectivity index (χ4n) is 1.45. The van der Waals surface area contributed by atoms with Crippen LogP contribution in [-0.2, 0) is 0 Å². The number of allylic oxidation sites excluding steroid dienone is 1. The van der Waals surface area contributed by atoms with Crippen molar-refractivity contribution in [1.29, 1.82) is 0 Å². The van der Waals surface area contributed by atoms with E-state index in [9.17, 15) is 0 Å². The van der Waals surface area contributed by atoms with Gasteiger partial charge in [0, 0.05) is 12.2 Å². The summed E-state index contributed by atoms with van der Waals surface area (Å²) in [5.41, 5.74) is 2.60. The molecule has 12 heavy (non-hydrogen) atoms. The molecule has 0 aromatic rings. The summed E-state index contributed by atoms with van der Waals surface area (Å²) in [6.45, 7) is 3.22. The Morgan fingerprint density at radius 2 is 2.33 bits per heavy atom. The highest BCUT2D eigenvalue weighted by atomic mass is 32.1. The topological polar surface area (TPSA) is 12.0 Å². The van der Waals surface area contributed by atoms with Crippen LogP contribution in [0.15, 0.2) is 11.3 Å². The maximum atomic E-state index is 5.05. The van der Waals surface area contributed by atoms with Crippen molar-refractivity contribution in [3.05, 3.63) is 11.3 Å². The van der Waals surface area contributed by atoms with E-state index in [-0.39, 0.29) is 0 Å². The van der Waals surface area contributed by atoms with Gasteiger partial charge in [0.2, 0.25) is 0 Å². The van der Waals surface area contributed by atoms with Gasteiger partial charge in [-0.2, -0.15) is 0 Å². The largest absolute Gasteiger partial charge is 0.388 e. The van der Waals surface area contributed by atoms with E-state index < -0.39 is 0 Å². The van der Waals surface area contributed by atoms with Crippen LogP contribution in [0.2, 0.25) is 0 Å². The molecule has 0 spiro atoms. The number of nitrogens with one attached hydrogen (secondary N) is 1. The van der Waals surface area contributed by atoms with Crippen molar-refractivity contribution in [3.63, 3.8) is 0 Å². The molecule has 0 heterocycles. The fourth-order valence-corrected chi connectivity index (χ4v) is 1.92. The summed E-state index contributed by atoms with van der Waals surface area (Å²) in [4.78, 5) is 0. The molecule has 1 aliphatic rings. The lowest BCUT2D eigenvalue weighted by Gasteiger charge is -2.07. The molecule has 1 N–H and O–H groups in total. The third kappa shape index (κ3) is 2.49. The van der Waals surface area contributed by atoms with Gasteiger partial charge in [-0.05, 0) is 31.3 Å². The molecule has 0 unspecified atom stereocenters. The zero-order valence-electron chi connectivity index (χ0n) is 7.39. The Morgan fingerprint density at radius 3 is 2.92 bits per heavy atom. The van der Waals surface area contributed by atoms with E-state index in [1.807, 2.05) is 0 Å². The van der Waals surface area contributed by atoms with E-state index in [0.29, 0.717) is 0 Å². The van der Waals surface area contributed by atoms with Crippen LogP contribution >= 0.6 is 24.8 Å². The van der Waals surface area contributed by atoms with Gasteiger partial charge in [0.15, 0.2) is 0 Å². The first-order valence-electron chi connectivity index (χ1n) is 4.45. The molecule has 1 nitrogen and oxygen atoms in total. The van der Waals surface area contributed by atoms with Crippen molar-refractivity contribution in [2.75, 3.05) is 6.54 Å². The quantitative estimate of drug-likeness (QED) is 0.536. The van der Waals surface area contributed by atoms with Crippen molar-refractivity contribution in [2.45, 2.75) is 32.6 Å². The maximum absolute atomic E-state index is 5.05. The van der Waals surface area contributed by atoms with Crippen molar-refractivity contribution in [3.8, 4) is 0 Å². The predicted molar refractivity (Wildman–Crippen MR) is 60.8 cm³/mol. The van der Waals surface area contributed by atoms with Crippen molar-refractivity contribution >= 4 is 29.0 Å². The lowest BCUT2D eigenvalue weighted by molar-refractivity contribution is 0.736. The van der Waals surface area contributed by atoms with Gasteiger partial charge >= 0.3 is 0 Å².